The van der Waals surface area contributed by atoms with Gasteiger partial charge in [0, 0.05) is 37.2 Å². The summed E-state index contributed by atoms with van der Waals surface area (Å²) in [6.45, 7) is 4.17. The third kappa shape index (κ3) is 2.80. The standard InChI is InChI=1S/C14H18N4.ClH/c1-10-7-12(14-4-6-18(2)17-14)13(9-16-10)11-3-5-15-8-11;/h4,6-7,9,11,15H,3,5,8H2,1-2H3;1H. The van der Waals surface area contributed by atoms with E-state index in [9.17, 15) is 0 Å². The fraction of sp³-hybridized carbons (Fsp3) is 0.429. The minimum absolute atomic E-state index is 0. The van der Waals surface area contributed by atoms with Crippen molar-refractivity contribution in [1.82, 2.24) is 20.1 Å². The highest BCUT2D eigenvalue weighted by Crippen LogP contribution is 2.31. The van der Waals surface area contributed by atoms with E-state index in [1.54, 1.807) is 0 Å². The van der Waals surface area contributed by atoms with Gasteiger partial charge in [-0.25, -0.2) is 0 Å². The van der Waals surface area contributed by atoms with E-state index in [2.05, 4.69) is 27.5 Å². The molecule has 102 valence electrons. The molecule has 1 saturated heterocycles. The van der Waals surface area contributed by atoms with Crippen LogP contribution in [0.1, 0.15) is 23.6 Å². The molecule has 0 aliphatic carbocycles. The van der Waals surface area contributed by atoms with Crippen LogP contribution in [-0.4, -0.2) is 27.9 Å². The van der Waals surface area contributed by atoms with Gasteiger partial charge in [0.25, 0.3) is 0 Å². The fourth-order valence-corrected chi connectivity index (χ4v) is 2.60. The predicted octanol–water partition coefficient (Wildman–Crippen LogP) is 2.29. The van der Waals surface area contributed by atoms with Gasteiger partial charge in [0.05, 0.1) is 5.69 Å². The van der Waals surface area contributed by atoms with Gasteiger partial charge in [0.15, 0.2) is 0 Å². The summed E-state index contributed by atoms with van der Waals surface area (Å²) in [4.78, 5) is 4.45. The number of pyridine rings is 1. The number of hydrogen-bond donors (Lipinski definition) is 1. The quantitative estimate of drug-likeness (QED) is 0.917. The minimum Gasteiger partial charge on any atom is -0.316 e. The number of aromatic nitrogens is 3. The van der Waals surface area contributed by atoms with Crippen LogP contribution in [0.2, 0.25) is 0 Å². The van der Waals surface area contributed by atoms with Crippen molar-refractivity contribution in [1.29, 1.82) is 0 Å². The second-order valence-corrected chi connectivity index (χ2v) is 4.98. The van der Waals surface area contributed by atoms with E-state index in [4.69, 9.17) is 0 Å². The van der Waals surface area contributed by atoms with E-state index < -0.39 is 0 Å². The van der Waals surface area contributed by atoms with Crippen molar-refractivity contribution in [3.05, 3.63) is 35.8 Å². The van der Waals surface area contributed by atoms with Gasteiger partial charge in [-0.15, -0.1) is 12.4 Å². The monoisotopic (exact) mass is 278 g/mol. The molecule has 1 atom stereocenters. The molecular weight excluding hydrogens is 260 g/mol. The maximum absolute atomic E-state index is 4.52. The van der Waals surface area contributed by atoms with Gasteiger partial charge >= 0.3 is 0 Å². The van der Waals surface area contributed by atoms with Gasteiger partial charge in [-0.1, -0.05) is 0 Å². The first-order valence-electron chi connectivity index (χ1n) is 6.41. The van der Waals surface area contributed by atoms with Crippen molar-refractivity contribution in [2.24, 2.45) is 7.05 Å². The van der Waals surface area contributed by atoms with Crippen molar-refractivity contribution in [2.45, 2.75) is 19.3 Å². The molecule has 1 aliphatic rings. The molecule has 2 aromatic heterocycles. The summed E-state index contributed by atoms with van der Waals surface area (Å²) in [7, 11) is 1.95. The predicted molar refractivity (Wildman–Crippen MR) is 78.7 cm³/mol. The summed E-state index contributed by atoms with van der Waals surface area (Å²) < 4.78 is 1.85. The molecule has 1 fully saturated rings. The Kier molecular flexibility index (Phi) is 4.22. The Morgan fingerprint density at radius 3 is 2.89 bits per heavy atom. The normalized spacial score (nSPS) is 18.3. The Hall–Kier alpha value is -1.39. The minimum atomic E-state index is 0. The van der Waals surface area contributed by atoms with E-state index in [1.165, 1.54) is 17.5 Å². The molecule has 0 radical (unpaired) electrons. The molecule has 0 amide bonds. The highest BCUT2D eigenvalue weighted by Gasteiger charge is 2.21. The van der Waals surface area contributed by atoms with Gasteiger partial charge in [0.2, 0.25) is 0 Å². The topological polar surface area (TPSA) is 42.7 Å². The lowest BCUT2D eigenvalue weighted by atomic mass is 9.93. The Labute approximate surface area is 119 Å². The molecule has 3 heterocycles. The summed E-state index contributed by atoms with van der Waals surface area (Å²) in [6, 6.07) is 4.22. The summed E-state index contributed by atoms with van der Waals surface area (Å²) in [5, 5.41) is 7.94. The highest BCUT2D eigenvalue weighted by molar-refractivity contribution is 5.85. The summed E-state index contributed by atoms with van der Waals surface area (Å²) in [6.07, 6.45) is 5.20. The Morgan fingerprint density at radius 1 is 1.42 bits per heavy atom. The van der Waals surface area contributed by atoms with Gasteiger partial charge in [-0.3, -0.25) is 9.67 Å². The molecule has 0 bridgehead atoms. The average molecular weight is 279 g/mol. The maximum Gasteiger partial charge on any atom is 0.0927 e. The van der Waals surface area contributed by atoms with Crippen molar-refractivity contribution in [3.63, 3.8) is 0 Å². The van der Waals surface area contributed by atoms with Crippen LogP contribution in [0, 0.1) is 6.92 Å². The molecule has 1 unspecified atom stereocenters. The molecule has 5 heteroatoms. The van der Waals surface area contributed by atoms with Gasteiger partial charge in [-0.2, -0.15) is 5.10 Å². The lowest BCUT2D eigenvalue weighted by Crippen LogP contribution is -2.09. The van der Waals surface area contributed by atoms with Crippen molar-refractivity contribution < 1.29 is 0 Å². The number of rotatable bonds is 2. The maximum atomic E-state index is 4.52. The summed E-state index contributed by atoms with van der Waals surface area (Å²) in [5.41, 5.74) is 4.65. The number of hydrogen-bond acceptors (Lipinski definition) is 3. The molecule has 0 aromatic carbocycles. The third-order valence-corrected chi connectivity index (χ3v) is 3.56. The SMILES string of the molecule is Cc1cc(-c2ccn(C)n2)c(C2CCNC2)cn1.Cl. The van der Waals surface area contributed by atoms with Crippen LogP contribution < -0.4 is 5.32 Å². The van der Waals surface area contributed by atoms with Crippen LogP contribution in [0.5, 0.6) is 0 Å². The lowest BCUT2D eigenvalue weighted by molar-refractivity contribution is 0.752. The summed E-state index contributed by atoms with van der Waals surface area (Å²) >= 11 is 0. The van der Waals surface area contributed by atoms with E-state index in [-0.39, 0.29) is 12.4 Å². The van der Waals surface area contributed by atoms with Gasteiger partial charge in [-0.05, 0) is 43.5 Å². The Bertz CT molecular complexity index is 558. The fourth-order valence-electron chi connectivity index (χ4n) is 2.60. The van der Waals surface area contributed by atoms with Crippen molar-refractivity contribution >= 4 is 12.4 Å². The van der Waals surface area contributed by atoms with Crippen LogP contribution in [0.25, 0.3) is 11.3 Å². The molecule has 19 heavy (non-hydrogen) atoms. The van der Waals surface area contributed by atoms with Crippen LogP contribution in [0.4, 0.5) is 0 Å². The summed E-state index contributed by atoms with van der Waals surface area (Å²) in [5.74, 6) is 0.565. The van der Waals surface area contributed by atoms with E-state index >= 15 is 0 Å². The smallest absolute Gasteiger partial charge is 0.0927 e. The second kappa shape index (κ2) is 5.72. The first-order valence-corrected chi connectivity index (χ1v) is 6.41. The van der Waals surface area contributed by atoms with Crippen molar-refractivity contribution in [2.75, 3.05) is 13.1 Å². The molecule has 1 N–H and O–H groups in total. The Balaban J connectivity index is 0.00000133. The molecule has 2 aromatic rings. The number of nitrogens with one attached hydrogen (secondary N) is 1. The third-order valence-electron chi connectivity index (χ3n) is 3.56. The molecule has 0 saturated carbocycles. The van der Waals surface area contributed by atoms with E-state index in [1.807, 2.05) is 31.0 Å². The highest BCUT2D eigenvalue weighted by atomic mass is 35.5. The molecule has 1 aliphatic heterocycles. The second-order valence-electron chi connectivity index (χ2n) is 4.98. The first kappa shape index (κ1) is 14.0. The number of nitrogens with zero attached hydrogens (tertiary/aromatic N) is 3. The van der Waals surface area contributed by atoms with Crippen LogP contribution >= 0.6 is 12.4 Å². The zero-order valence-electron chi connectivity index (χ0n) is 11.3. The van der Waals surface area contributed by atoms with Gasteiger partial charge < -0.3 is 5.32 Å². The Morgan fingerprint density at radius 2 is 2.26 bits per heavy atom. The van der Waals surface area contributed by atoms with E-state index in [0.717, 1.165) is 24.5 Å². The van der Waals surface area contributed by atoms with Crippen LogP contribution in [0.3, 0.4) is 0 Å². The van der Waals surface area contributed by atoms with Crippen molar-refractivity contribution in [3.8, 4) is 11.3 Å². The zero-order chi connectivity index (χ0) is 12.5. The number of aryl methyl sites for hydroxylation is 2. The number of halogens is 1. The molecule has 0 spiro atoms. The molecule has 4 nitrogen and oxygen atoms in total. The average Bonchev–Trinajstić information content (AvgIpc) is 2.99. The van der Waals surface area contributed by atoms with Gasteiger partial charge in [0.1, 0.15) is 0 Å². The lowest BCUT2D eigenvalue weighted by Gasteiger charge is -2.13. The van der Waals surface area contributed by atoms with Crippen LogP contribution in [0.15, 0.2) is 24.5 Å². The van der Waals surface area contributed by atoms with Crippen LogP contribution in [-0.2, 0) is 7.05 Å². The first-order chi connectivity index (χ1) is 8.74. The molecular formula is C14H19ClN4. The van der Waals surface area contributed by atoms with E-state index in [0.29, 0.717) is 5.92 Å². The largest absolute Gasteiger partial charge is 0.316 e. The molecule has 3 rings (SSSR count). The zero-order valence-corrected chi connectivity index (χ0v) is 12.1.